The van der Waals surface area contributed by atoms with Crippen LogP contribution in [-0.2, 0) is 9.53 Å². The Labute approximate surface area is 127 Å². The van der Waals surface area contributed by atoms with E-state index in [1.54, 1.807) is 0 Å². The van der Waals surface area contributed by atoms with Crippen molar-refractivity contribution in [1.29, 1.82) is 0 Å². The van der Waals surface area contributed by atoms with Gasteiger partial charge in [0.2, 0.25) is 0 Å². The number of methoxy groups -OCH3 is 1. The number of carbonyl (C=O) groups excluding carboxylic acids is 1. The molecule has 0 N–H and O–H groups in total. The van der Waals surface area contributed by atoms with Crippen LogP contribution in [0.2, 0.25) is 0 Å². The Morgan fingerprint density at radius 1 is 1.43 bits per heavy atom. The van der Waals surface area contributed by atoms with Gasteiger partial charge in [-0.2, -0.15) is 0 Å². The van der Waals surface area contributed by atoms with Gasteiger partial charge >= 0.3 is 5.97 Å². The van der Waals surface area contributed by atoms with Gasteiger partial charge in [0.15, 0.2) is 0 Å². The fourth-order valence-corrected chi connectivity index (χ4v) is 3.22. The second kappa shape index (κ2) is 5.96. The first-order valence-corrected chi connectivity index (χ1v) is 7.50. The fraction of sp³-hybridized carbons (Fsp3) is 0.588. The maximum Gasteiger partial charge on any atom is 0.325 e. The van der Waals surface area contributed by atoms with E-state index in [0.717, 1.165) is 17.9 Å². The zero-order valence-corrected chi connectivity index (χ0v) is 13.6. The van der Waals surface area contributed by atoms with Crippen molar-refractivity contribution in [2.24, 2.45) is 0 Å². The first-order valence-electron chi connectivity index (χ1n) is 7.50. The van der Waals surface area contributed by atoms with Crippen molar-refractivity contribution in [2.45, 2.75) is 45.6 Å². The highest BCUT2D eigenvalue weighted by atomic mass is 16.5. The predicted molar refractivity (Wildman–Crippen MR) is 84.1 cm³/mol. The van der Waals surface area contributed by atoms with Crippen LogP contribution in [0, 0.1) is 0 Å². The molecule has 0 unspecified atom stereocenters. The average molecular weight is 291 g/mol. The van der Waals surface area contributed by atoms with Gasteiger partial charge in [0, 0.05) is 11.2 Å². The highest BCUT2D eigenvalue weighted by molar-refractivity contribution is 5.77. The van der Waals surface area contributed by atoms with Gasteiger partial charge in [-0.05, 0) is 56.9 Å². The lowest BCUT2D eigenvalue weighted by Gasteiger charge is -2.47. The molecule has 0 fully saturated rings. The Morgan fingerprint density at radius 3 is 2.76 bits per heavy atom. The minimum absolute atomic E-state index is 0.0757. The van der Waals surface area contributed by atoms with Crippen molar-refractivity contribution in [1.82, 2.24) is 0 Å². The first kappa shape index (κ1) is 15.7. The number of rotatable bonds is 4. The number of fused-ring (bicyclic) bond motifs is 1. The van der Waals surface area contributed by atoms with Crippen LogP contribution in [0.4, 0.5) is 5.69 Å². The molecule has 1 heterocycles. The molecule has 0 spiro atoms. The monoisotopic (exact) mass is 291 g/mol. The summed E-state index contributed by atoms with van der Waals surface area (Å²) in [6.45, 7) is 9.49. The van der Waals surface area contributed by atoms with Crippen LogP contribution in [0.1, 0.15) is 45.6 Å². The van der Waals surface area contributed by atoms with E-state index >= 15 is 0 Å². The number of benzene rings is 1. The lowest BCUT2D eigenvalue weighted by molar-refractivity contribution is -0.139. The van der Waals surface area contributed by atoms with E-state index in [4.69, 9.17) is 9.47 Å². The molecule has 1 aliphatic heterocycles. The number of anilines is 1. The van der Waals surface area contributed by atoms with Gasteiger partial charge < -0.3 is 14.4 Å². The lowest BCUT2D eigenvalue weighted by Crippen LogP contribution is -2.50. The largest absolute Gasteiger partial charge is 0.494 e. The Balaban J connectivity index is 2.42. The Hall–Kier alpha value is -1.71. The minimum Gasteiger partial charge on any atom is -0.494 e. The number of hydrogen-bond donors (Lipinski definition) is 0. The maximum atomic E-state index is 11.7. The molecule has 0 aromatic heterocycles. The molecule has 21 heavy (non-hydrogen) atoms. The third-order valence-electron chi connectivity index (χ3n) is 4.18. The van der Waals surface area contributed by atoms with Crippen molar-refractivity contribution in [2.75, 3.05) is 25.2 Å². The number of esters is 1. The molecule has 0 saturated heterocycles. The standard InChI is InChI=1S/C17H25NO3/c1-6-21-13-7-8-15-14(9-13)12(2)10-17(3,4)18(15)11-16(19)20-5/h7-9,12H,6,10-11H2,1-5H3/t12-/m0/s1. The second-order valence-electron chi connectivity index (χ2n) is 6.23. The van der Waals surface area contributed by atoms with E-state index < -0.39 is 0 Å². The molecule has 0 saturated carbocycles. The van der Waals surface area contributed by atoms with Crippen molar-refractivity contribution in [3.63, 3.8) is 0 Å². The van der Waals surface area contributed by atoms with E-state index in [-0.39, 0.29) is 18.1 Å². The first-order chi connectivity index (χ1) is 9.89. The summed E-state index contributed by atoms with van der Waals surface area (Å²) in [5, 5.41) is 0. The van der Waals surface area contributed by atoms with Crippen LogP contribution in [0.5, 0.6) is 5.75 Å². The molecular weight excluding hydrogens is 266 g/mol. The predicted octanol–water partition coefficient (Wildman–Crippen LogP) is 3.35. The summed E-state index contributed by atoms with van der Waals surface area (Å²) in [7, 11) is 1.43. The molecule has 1 aliphatic rings. The normalized spacial score (nSPS) is 19.9. The number of hydrogen-bond acceptors (Lipinski definition) is 4. The zero-order chi connectivity index (χ0) is 15.6. The topological polar surface area (TPSA) is 38.8 Å². The second-order valence-corrected chi connectivity index (χ2v) is 6.23. The highest BCUT2D eigenvalue weighted by Crippen LogP contribution is 2.44. The van der Waals surface area contributed by atoms with Gasteiger partial charge in [0.25, 0.3) is 0 Å². The van der Waals surface area contributed by atoms with Gasteiger partial charge in [-0.15, -0.1) is 0 Å². The average Bonchev–Trinajstić information content (AvgIpc) is 2.43. The Bertz CT molecular complexity index is 525. The van der Waals surface area contributed by atoms with Crippen molar-refractivity contribution >= 4 is 11.7 Å². The number of carbonyl (C=O) groups is 1. The Morgan fingerprint density at radius 2 is 2.14 bits per heavy atom. The quantitative estimate of drug-likeness (QED) is 0.797. The lowest BCUT2D eigenvalue weighted by atomic mass is 9.80. The SMILES string of the molecule is CCOc1ccc2c(c1)[C@@H](C)CC(C)(C)N2CC(=O)OC. The molecule has 0 amide bonds. The number of nitrogens with zero attached hydrogens (tertiary/aromatic N) is 1. The summed E-state index contributed by atoms with van der Waals surface area (Å²) in [4.78, 5) is 13.9. The van der Waals surface area contributed by atoms with Crippen LogP contribution >= 0.6 is 0 Å². The van der Waals surface area contributed by atoms with Crippen LogP contribution in [0.3, 0.4) is 0 Å². The number of ether oxygens (including phenoxy) is 2. The zero-order valence-electron chi connectivity index (χ0n) is 13.6. The summed E-state index contributed by atoms with van der Waals surface area (Å²) in [5.74, 6) is 1.11. The fourth-order valence-electron chi connectivity index (χ4n) is 3.22. The van der Waals surface area contributed by atoms with Crippen LogP contribution in [-0.4, -0.2) is 31.8 Å². The van der Waals surface area contributed by atoms with E-state index in [2.05, 4.69) is 37.8 Å². The van der Waals surface area contributed by atoms with Crippen LogP contribution < -0.4 is 9.64 Å². The third kappa shape index (κ3) is 3.14. The molecule has 4 heteroatoms. The maximum absolute atomic E-state index is 11.7. The summed E-state index contributed by atoms with van der Waals surface area (Å²) in [5.41, 5.74) is 2.27. The molecule has 116 valence electrons. The van der Waals surface area contributed by atoms with E-state index in [1.165, 1.54) is 12.7 Å². The molecule has 0 bridgehead atoms. The van der Waals surface area contributed by atoms with Gasteiger partial charge in [-0.3, -0.25) is 4.79 Å². The van der Waals surface area contributed by atoms with Gasteiger partial charge in [-0.1, -0.05) is 6.92 Å². The summed E-state index contributed by atoms with van der Waals surface area (Å²) in [6, 6.07) is 6.13. The highest BCUT2D eigenvalue weighted by Gasteiger charge is 2.37. The van der Waals surface area contributed by atoms with Gasteiger partial charge in [0.1, 0.15) is 12.3 Å². The molecular formula is C17H25NO3. The summed E-state index contributed by atoms with van der Waals surface area (Å²) < 4.78 is 10.4. The minimum atomic E-state index is -0.211. The smallest absolute Gasteiger partial charge is 0.325 e. The van der Waals surface area contributed by atoms with Crippen molar-refractivity contribution in [3.8, 4) is 5.75 Å². The van der Waals surface area contributed by atoms with Crippen molar-refractivity contribution < 1.29 is 14.3 Å². The molecule has 0 aliphatic carbocycles. The Kier molecular flexibility index (Phi) is 4.45. The molecule has 1 aromatic carbocycles. The summed E-state index contributed by atoms with van der Waals surface area (Å²) in [6.07, 6.45) is 0.993. The molecule has 1 atom stereocenters. The molecule has 4 nitrogen and oxygen atoms in total. The molecule has 1 aromatic rings. The van der Waals surface area contributed by atoms with Crippen molar-refractivity contribution in [3.05, 3.63) is 23.8 Å². The molecule has 2 rings (SSSR count). The third-order valence-corrected chi connectivity index (χ3v) is 4.18. The van der Waals surface area contributed by atoms with Gasteiger partial charge in [-0.25, -0.2) is 0 Å². The van der Waals surface area contributed by atoms with E-state index in [1.807, 2.05) is 13.0 Å². The van der Waals surface area contributed by atoms with E-state index in [0.29, 0.717) is 12.5 Å². The van der Waals surface area contributed by atoms with Crippen LogP contribution in [0.15, 0.2) is 18.2 Å². The molecule has 0 radical (unpaired) electrons. The van der Waals surface area contributed by atoms with E-state index in [9.17, 15) is 4.79 Å². The van der Waals surface area contributed by atoms with Crippen LogP contribution in [0.25, 0.3) is 0 Å². The van der Waals surface area contributed by atoms with Gasteiger partial charge in [0.05, 0.1) is 13.7 Å². The summed E-state index contributed by atoms with van der Waals surface area (Å²) >= 11 is 0.